The Labute approximate surface area is 94.6 Å². The molecule has 1 aliphatic heterocycles. The number of nitrogens with zero attached hydrogens (tertiary/aromatic N) is 1. The van der Waals surface area contributed by atoms with Gasteiger partial charge in [0.2, 0.25) is 0 Å². The number of carbonyl (C=O) groups is 1. The molecule has 0 spiro atoms. The smallest absolute Gasteiger partial charge is 0.418 e. The summed E-state index contributed by atoms with van der Waals surface area (Å²) in [7, 11) is 0. The van der Waals surface area contributed by atoms with Crippen LogP contribution in [0.1, 0.15) is 12.0 Å². The van der Waals surface area contributed by atoms with Crippen LogP contribution in [0.15, 0.2) is 54.9 Å². The van der Waals surface area contributed by atoms with E-state index in [4.69, 9.17) is 4.74 Å². The highest BCUT2D eigenvalue weighted by Crippen LogP contribution is 2.07. The zero-order chi connectivity index (χ0) is 11.2. The molecule has 0 saturated carbocycles. The van der Waals surface area contributed by atoms with Crippen LogP contribution in [0.4, 0.5) is 4.79 Å². The van der Waals surface area contributed by atoms with Crippen LogP contribution >= 0.6 is 0 Å². The largest absolute Gasteiger partial charge is 0.444 e. The summed E-state index contributed by atoms with van der Waals surface area (Å²) < 4.78 is 5.15. The highest BCUT2D eigenvalue weighted by atomic mass is 16.6. The van der Waals surface area contributed by atoms with E-state index in [0.717, 1.165) is 12.0 Å². The van der Waals surface area contributed by atoms with E-state index < -0.39 is 0 Å². The van der Waals surface area contributed by atoms with E-state index in [1.54, 1.807) is 12.4 Å². The molecule has 1 aromatic rings. The van der Waals surface area contributed by atoms with Gasteiger partial charge in [0, 0.05) is 12.4 Å². The molecule has 0 aromatic heterocycles. The zero-order valence-electron chi connectivity index (χ0n) is 8.87. The fourth-order valence-electron chi connectivity index (χ4n) is 1.39. The van der Waals surface area contributed by atoms with Crippen LogP contribution in [-0.4, -0.2) is 11.0 Å². The number of rotatable bonds is 2. The third kappa shape index (κ3) is 2.73. The number of hydrogen-bond donors (Lipinski definition) is 0. The lowest BCUT2D eigenvalue weighted by atomic mass is 10.2. The van der Waals surface area contributed by atoms with Crippen molar-refractivity contribution in [1.29, 1.82) is 0 Å². The van der Waals surface area contributed by atoms with Gasteiger partial charge in [-0.05, 0) is 12.0 Å². The van der Waals surface area contributed by atoms with Gasteiger partial charge in [0.1, 0.15) is 6.61 Å². The minimum atomic E-state index is -0.351. The average molecular weight is 215 g/mol. The Morgan fingerprint density at radius 2 is 1.88 bits per heavy atom. The van der Waals surface area contributed by atoms with E-state index in [0.29, 0.717) is 6.61 Å². The SMILES string of the molecule is O=C(OCc1ccccc1)N1C=CCC=C1. The van der Waals surface area contributed by atoms with E-state index in [2.05, 4.69) is 0 Å². The number of ether oxygens (including phenoxy) is 1. The van der Waals surface area contributed by atoms with E-state index >= 15 is 0 Å². The molecule has 16 heavy (non-hydrogen) atoms. The molecule has 0 N–H and O–H groups in total. The molecule has 3 heteroatoms. The van der Waals surface area contributed by atoms with Crippen molar-refractivity contribution in [2.75, 3.05) is 0 Å². The van der Waals surface area contributed by atoms with Gasteiger partial charge in [-0.3, -0.25) is 4.90 Å². The molecule has 0 atom stereocenters. The van der Waals surface area contributed by atoms with Gasteiger partial charge >= 0.3 is 6.09 Å². The van der Waals surface area contributed by atoms with Crippen molar-refractivity contribution in [2.24, 2.45) is 0 Å². The lowest BCUT2D eigenvalue weighted by Gasteiger charge is -2.15. The summed E-state index contributed by atoms with van der Waals surface area (Å²) in [5, 5.41) is 0. The monoisotopic (exact) mass is 215 g/mol. The molecule has 2 rings (SSSR count). The number of hydrogen-bond acceptors (Lipinski definition) is 2. The second kappa shape index (κ2) is 5.16. The van der Waals surface area contributed by atoms with Crippen LogP contribution in [0.2, 0.25) is 0 Å². The predicted octanol–water partition coefficient (Wildman–Crippen LogP) is 3.06. The molecular formula is C13H13NO2. The Morgan fingerprint density at radius 1 is 1.19 bits per heavy atom. The van der Waals surface area contributed by atoms with Crippen molar-refractivity contribution in [3.63, 3.8) is 0 Å². The number of carbonyl (C=O) groups excluding carboxylic acids is 1. The molecule has 0 radical (unpaired) electrons. The van der Waals surface area contributed by atoms with Gasteiger partial charge in [-0.15, -0.1) is 0 Å². The quantitative estimate of drug-likeness (QED) is 0.758. The number of allylic oxidation sites excluding steroid dienone is 2. The van der Waals surface area contributed by atoms with Gasteiger partial charge in [-0.2, -0.15) is 0 Å². The first-order chi connectivity index (χ1) is 7.86. The van der Waals surface area contributed by atoms with Crippen molar-refractivity contribution in [3.05, 3.63) is 60.4 Å². The predicted molar refractivity (Wildman–Crippen MR) is 61.4 cm³/mol. The minimum Gasteiger partial charge on any atom is -0.444 e. The molecule has 3 nitrogen and oxygen atoms in total. The molecule has 0 fully saturated rings. The summed E-state index contributed by atoms with van der Waals surface area (Å²) in [5.74, 6) is 0. The van der Waals surface area contributed by atoms with E-state index in [1.165, 1.54) is 4.90 Å². The molecule has 82 valence electrons. The molecule has 1 aliphatic rings. The maximum Gasteiger partial charge on any atom is 0.418 e. The first-order valence-corrected chi connectivity index (χ1v) is 5.18. The van der Waals surface area contributed by atoms with Gasteiger partial charge < -0.3 is 4.74 Å². The average Bonchev–Trinajstić information content (AvgIpc) is 2.38. The lowest BCUT2D eigenvalue weighted by molar-refractivity contribution is 0.121. The Balaban J connectivity index is 1.86. The molecule has 0 bridgehead atoms. The van der Waals surface area contributed by atoms with Crippen LogP contribution in [0.5, 0.6) is 0 Å². The van der Waals surface area contributed by atoms with Crippen LogP contribution in [0.25, 0.3) is 0 Å². The molecule has 1 heterocycles. The second-order valence-corrected chi connectivity index (χ2v) is 3.45. The van der Waals surface area contributed by atoms with Gasteiger partial charge in [0.25, 0.3) is 0 Å². The fourth-order valence-corrected chi connectivity index (χ4v) is 1.39. The van der Waals surface area contributed by atoms with Crippen LogP contribution in [-0.2, 0) is 11.3 Å². The lowest BCUT2D eigenvalue weighted by Crippen LogP contribution is -2.21. The maximum absolute atomic E-state index is 11.6. The van der Waals surface area contributed by atoms with E-state index in [9.17, 15) is 4.79 Å². The topological polar surface area (TPSA) is 29.5 Å². The van der Waals surface area contributed by atoms with Gasteiger partial charge in [0.15, 0.2) is 0 Å². The Morgan fingerprint density at radius 3 is 2.56 bits per heavy atom. The van der Waals surface area contributed by atoms with Crippen molar-refractivity contribution in [3.8, 4) is 0 Å². The normalized spacial score (nSPS) is 13.9. The molecule has 0 saturated heterocycles. The number of benzene rings is 1. The van der Waals surface area contributed by atoms with E-state index in [1.807, 2.05) is 42.5 Å². The molecular weight excluding hydrogens is 202 g/mol. The molecule has 0 aliphatic carbocycles. The third-order valence-electron chi connectivity index (χ3n) is 2.22. The summed E-state index contributed by atoms with van der Waals surface area (Å²) in [5.41, 5.74) is 0.987. The summed E-state index contributed by atoms with van der Waals surface area (Å²) >= 11 is 0. The van der Waals surface area contributed by atoms with E-state index in [-0.39, 0.29) is 6.09 Å². The Bertz CT molecular complexity index is 397. The Kier molecular flexibility index (Phi) is 3.38. The van der Waals surface area contributed by atoms with Crippen molar-refractivity contribution in [1.82, 2.24) is 4.90 Å². The van der Waals surface area contributed by atoms with Crippen molar-refractivity contribution >= 4 is 6.09 Å². The zero-order valence-corrected chi connectivity index (χ0v) is 8.87. The highest BCUT2D eigenvalue weighted by Gasteiger charge is 2.10. The molecule has 1 aromatic carbocycles. The van der Waals surface area contributed by atoms with Crippen LogP contribution in [0.3, 0.4) is 0 Å². The van der Waals surface area contributed by atoms with Crippen molar-refractivity contribution in [2.45, 2.75) is 13.0 Å². The summed E-state index contributed by atoms with van der Waals surface area (Å²) in [6.07, 6.45) is 7.76. The highest BCUT2D eigenvalue weighted by molar-refractivity contribution is 5.70. The minimum absolute atomic E-state index is 0.303. The second-order valence-electron chi connectivity index (χ2n) is 3.45. The number of amides is 1. The molecule has 0 unspecified atom stereocenters. The van der Waals surface area contributed by atoms with Crippen molar-refractivity contribution < 1.29 is 9.53 Å². The van der Waals surface area contributed by atoms with Crippen LogP contribution in [0, 0.1) is 0 Å². The van der Waals surface area contributed by atoms with Gasteiger partial charge in [0.05, 0.1) is 0 Å². The fraction of sp³-hybridized carbons (Fsp3) is 0.154. The Hall–Kier alpha value is -2.03. The summed E-state index contributed by atoms with van der Waals surface area (Å²) in [4.78, 5) is 13.0. The third-order valence-corrected chi connectivity index (χ3v) is 2.22. The molecule has 1 amide bonds. The van der Waals surface area contributed by atoms with Gasteiger partial charge in [-0.1, -0.05) is 42.5 Å². The first-order valence-electron chi connectivity index (χ1n) is 5.18. The van der Waals surface area contributed by atoms with Crippen LogP contribution < -0.4 is 0 Å². The standard InChI is InChI=1S/C13H13NO2/c15-13(14-9-5-2-6-10-14)16-11-12-7-3-1-4-8-12/h1,3-10H,2,11H2. The summed E-state index contributed by atoms with van der Waals surface area (Å²) in [6.45, 7) is 0.303. The summed E-state index contributed by atoms with van der Waals surface area (Å²) in [6, 6.07) is 9.62. The van der Waals surface area contributed by atoms with Gasteiger partial charge in [-0.25, -0.2) is 4.79 Å². The first kappa shape index (κ1) is 10.5. The maximum atomic E-state index is 11.6.